The largest absolute Gasteiger partial charge is 0.254 e. The highest BCUT2D eigenvalue weighted by Crippen LogP contribution is 2.31. The molecule has 0 amide bonds. The van der Waals surface area contributed by atoms with E-state index < -0.39 is 0 Å². The fourth-order valence-electron chi connectivity index (χ4n) is 2.51. The molecule has 0 fully saturated rings. The summed E-state index contributed by atoms with van der Waals surface area (Å²) in [7, 11) is 0. The van der Waals surface area contributed by atoms with E-state index in [2.05, 4.69) is 30.4 Å². The Morgan fingerprint density at radius 3 is 1.32 bits per heavy atom. The number of nitrogens with zero attached hydrogens (tertiary/aromatic N) is 7. The van der Waals surface area contributed by atoms with E-state index in [4.69, 9.17) is 4.98 Å². The molecule has 5 aromatic rings. The maximum Gasteiger partial charge on any atom is 0.166 e. The molecule has 28 heavy (non-hydrogen) atoms. The third kappa shape index (κ3) is 3.28. The van der Waals surface area contributed by atoms with Crippen LogP contribution in [0, 0.1) is 0 Å². The molecule has 0 unspecified atom stereocenters. The van der Waals surface area contributed by atoms with Crippen LogP contribution in [-0.2, 0) is 0 Å². The SMILES string of the molecule is c1ccc(-c2nnc(-c3cccc(-c4nnc(-c5ccccn5)s4)n3)s2)nc1. The Morgan fingerprint density at radius 1 is 0.464 bits per heavy atom. The van der Waals surface area contributed by atoms with Crippen molar-refractivity contribution in [3.63, 3.8) is 0 Å². The minimum absolute atomic E-state index is 0.733. The van der Waals surface area contributed by atoms with Crippen molar-refractivity contribution in [1.82, 2.24) is 35.3 Å². The van der Waals surface area contributed by atoms with Crippen LogP contribution in [0.15, 0.2) is 67.0 Å². The van der Waals surface area contributed by atoms with E-state index in [0.717, 1.165) is 42.8 Å². The van der Waals surface area contributed by atoms with E-state index in [0.29, 0.717) is 0 Å². The van der Waals surface area contributed by atoms with Crippen LogP contribution in [0.4, 0.5) is 0 Å². The van der Waals surface area contributed by atoms with Gasteiger partial charge in [0.05, 0.1) is 0 Å². The third-order valence-electron chi connectivity index (χ3n) is 3.81. The first-order valence-corrected chi connectivity index (χ1v) is 9.98. The lowest BCUT2D eigenvalue weighted by molar-refractivity contribution is 1.07. The number of rotatable bonds is 4. The minimum atomic E-state index is 0.733. The second-order valence-electron chi connectivity index (χ2n) is 5.66. The van der Waals surface area contributed by atoms with Crippen molar-refractivity contribution in [1.29, 1.82) is 0 Å². The van der Waals surface area contributed by atoms with Crippen LogP contribution in [0.2, 0.25) is 0 Å². The molecule has 0 N–H and O–H groups in total. The molecule has 0 atom stereocenters. The number of hydrogen-bond acceptors (Lipinski definition) is 9. The van der Waals surface area contributed by atoms with Crippen molar-refractivity contribution in [3.05, 3.63) is 67.0 Å². The Kier molecular flexibility index (Phi) is 4.36. The zero-order chi connectivity index (χ0) is 18.8. The lowest BCUT2D eigenvalue weighted by atomic mass is 10.3. The molecule has 5 aromatic heterocycles. The van der Waals surface area contributed by atoms with E-state index in [1.807, 2.05) is 54.6 Å². The molecule has 5 rings (SSSR count). The van der Waals surface area contributed by atoms with E-state index in [9.17, 15) is 0 Å². The maximum absolute atomic E-state index is 4.70. The monoisotopic (exact) mass is 401 g/mol. The van der Waals surface area contributed by atoms with Crippen LogP contribution < -0.4 is 0 Å². The van der Waals surface area contributed by atoms with E-state index >= 15 is 0 Å². The zero-order valence-corrected chi connectivity index (χ0v) is 15.9. The van der Waals surface area contributed by atoms with Gasteiger partial charge in [0.25, 0.3) is 0 Å². The fraction of sp³-hybridized carbons (Fsp3) is 0. The third-order valence-corrected chi connectivity index (χ3v) is 5.74. The van der Waals surface area contributed by atoms with E-state index in [1.165, 1.54) is 22.7 Å². The van der Waals surface area contributed by atoms with Gasteiger partial charge in [0.2, 0.25) is 0 Å². The van der Waals surface area contributed by atoms with Gasteiger partial charge in [-0.25, -0.2) is 4.98 Å². The summed E-state index contributed by atoms with van der Waals surface area (Å²) in [6, 6.07) is 17.2. The van der Waals surface area contributed by atoms with E-state index in [-0.39, 0.29) is 0 Å². The van der Waals surface area contributed by atoms with Gasteiger partial charge in [0, 0.05) is 12.4 Å². The van der Waals surface area contributed by atoms with Crippen LogP contribution in [-0.4, -0.2) is 35.3 Å². The first kappa shape index (κ1) is 16.7. The fourth-order valence-corrected chi connectivity index (χ4v) is 4.09. The summed E-state index contributed by atoms with van der Waals surface area (Å²) in [6.45, 7) is 0. The molecular weight excluding hydrogens is 390 g/mol. The lowest BCUT2D eigenvalue weighted by Gasteiger charge is -1.98. The van der Waals surface area contributed by atoms with Crippen LogP contribution >= 0.6 is 22.7 Å². The molecular formula is C19H11N7S2. The molecule has 134 valence electrons. The van der Waals surface area contributed by atoms with Gasteiger partial charge in [-0.15, -0.1) is 20.4 Å². The van der Waals surface area contributed by atoms with Crippen molar-refractivity contribution in [2.45, 2.75) is 0 Å². The standard InChI is InChI=1S/C19H11N7S2/c1-3-10-20-12(6-1)16-23-25-18(27-16)14-8-5-9-15(22-14)19-26-24-17(28-19)13-7-2-4-11-21-13/h1-11H. The second-order valence-corrected chi connectivity index (χ2v) is 7.62. The molecule has 0 aromatic carbocycles. The Hall–Kier alpha value is -3.43. The van der Waals surface area contributed by atoms with Crippen molar-refractivity contribution >= 4 is 22.7 Å². The first-order chi connectivity index (χ1) is 13.9. The average Bonchev–Trinajstić information content (AvgIpc) is 3.46. The Labute approximate surface area is 167 Å². The highest BCUT2D eigenvalue weighted by molar-refractivity contribution is 7.18. The van der Waals surface area contributed by atoms with Crippen molar-refractivity contribution in [2.75, 3.05) is 0 Å². The van der Waals surface area contributed by atoms with Gasteiger partial charge in [-0.05, 0) is 36.4 Å². The highest BCUT2D eigenvalue weighted by Gasteiger charge is 2.14. The molecule has 0 saturated heterocycles. The summed E-state index contributed by atoms with van der Waals surface area (Å²) in [5.41, 5.74) is 3.08. The molecule has 5 heterocycles. The smallest absolute Gasteiger partial charge is 0.166 e. The van der Waals surface area contributed by atoms with Gasteiger partial charge in [-0.3, -0.25) is 9.97 Å². The minimum Gasteiger partial charge on any atom is -0.254 e. The maximum atomic E-state index is 4.70. The molecule has 0 spiro atoms. The van der Waals surface area contributed by atoms with Gasteiger partial charge < -0.3 is 0 Å². The van der Waals surface area contributed by atoms with Crippen LogP contribution in [0.3, 0.4) is 0 Å². The van der Waals surface area contributed by atoms with Crippen LogP contribution in [0.25, 0.3) is 42.8 Å². The molecule has 0 radical (unpaired) electrons. The molecule has 7 nitrogen and oxygen atoms in total. The normalized spacial score (nSPS) is 10.9. The van der Waals surface area contributed by atoms with Crippen molar-refractivity contribution < 1.29 is 0 Å². The number of aromatic nitrogens is 7. The van der Waals surface area contributed by atoms with Gasteiger partial charge in [-0.2, -0.15) is 0 Å². The molecule has 0 aliphatic rings. The Bertz CT molecular complexity index is 1130. The van der Waals surface area contributed by atoms with Crippen LogP contribution in [0.1, 0.15) is 0 Å². The molecule has 0 aliphatic carbocycles. The first-order valence-electron chi connectivity index (χ1n) is 8.34. The summed E-state index contributed by atoms with van der Waals surface area (Å²) in [5.74, 6) is 0. The summed E-state index contributed by atoms with van der Waals surface area (Å²) < 4.78 is 0. The Morgan fingerprint density at radius 2 is 0.893 bits per heavy atom. The molecule has 0 saturated carbocycles. The predicted octanol–water partition coefficient (Wildman–Crippen LogP) is 4.24. The van der Waals surface area contributed by atoms with Gasteiger partial charge in [-0.1, -0.05) is 40.9 Å². The average molecular weight is 401 g/mol. The topological polar surface area (TPSA) is 90.2 Å². The predicted molar refractivity (Wildman–Crippen MR) is 109 cm³/mol. The summed E-state index contributed by atoms with van der Waals surface area (Å²) in [5, 5.41) is 20.0. The van der Waals surface area contributed by atoms with Gasteiger partial charge in [0.15, 0.2) is 20.0 Å². The number of pyridine rings is 3. The molecule has 9 heteroatoms. The number of hydrogen-bond donors (Lipinski definition) is 0. The molecule has 0 aliphatic heterocycles. The van der Waals surface area contributed by atoms with Gasteiger partial charge in [0.1, 0.15) is 22.8 Å². The second kappa shape index (κ2) is 7.29. The summed E-state index contributed by atoms with van der Waals surface area (Å²) in [4.78, 5) is 13.3. The van der Waals surface area contributed by atoms with Crippen LogP contribution in [0.5, 0.6) is 0 Å². The lowest BCUT2D eigenvalue weighted by Crippen LogP contribution is -1.87. The highest BCUT2D eigenvalue weighted by atomic mass is 32.1. The van der Waals surface area contributed by atoms with Gasteiger partial charge >= 0.3 is 0 Å². The van der Waals surface area contributed by atoms with Crippen molar-refractivity contribution in [3.8, 4) is 42.8 Å². The quantitative estimate of drug-likeness (QED) is 0.445. The van der Waals surface area contributed by atoms with Crippen molar-refractivity contribution in [2.24, 2.45) is 0 Å². The Balaban J connectivity index is 1.46. The molecule has 0 bridgehead atoms. The summed E-state index contributed by atoms with van der Waals surface area (Å²) in [6.07, 6.45) is 3.48. The van der Waals surface area contributed by atoms with E-state index in [1.54, 1.807) is 12.4 Å². The summed E-state index contributed by atoms with van der Waals surface area (Å²) >= 11 is 2.91. The zero-order valence-electron chi connectivity index (χ0n) is 14.3.